The minimum absolute atomic E-state index is 0.542. The van der Waals surface area contributed by atoms with E-state index >= 15 is 0 Å². The Kier molecular flexibility index (Phi) is 3.28. The number of hydrogen-bond donors (Lipinski definition) is 2. The van der Waals surface area contributed by atoms with Gasteiger partial charge in [-0.1, -0.05) is 6.42 Å². The summed E-state index contributed by atoms with van der Waals surface area (Å²) in [6.07, 6.45) is 4.00. The highest BCUT2D eigenvalue weighted by molar-refractivity contribution is 7.19. The van der Waals surface area contributed by atoms with Crippen molar-refractivity contribution >= 4 is 27.2 Å². The predicted molar refractivity (Wildman–Crippen MR) is 85.4 cm³/mol. The van der Waals surface area contributed by atoms with E-state index in [1.54, 1.807) is 0 Å². The molecule has 2 aliphatic rings. The van der Waals surface area contributed by atoms with Crippen molar-refractivity contribution in [1.82, 2.24) is 10.3 Å². The molecule has 0 amide bonds. The molecule has 1 aromatic heterocycles. The lowest BCUT2D eigenvalue weighted by Crippen LogP contribution is -2.52. The van der Waals surface area contributed by atoms with Crippen LogP contribution in [0.4, 0.5) is 5.69 Å². The van der Waals surface area contributed by atoms with Gasteiger partial charge in [0.05, 0.1) is 10.2 Å². The smallest absolute Gasteiger partial charge is 0.195 e. The standard InChI is InChI=1S/C16H18N4S/c17-7-15-20-13-6-12(4-5-14(13)21-15)19-16-10-2-1-3-11(16)9-18-8-10/h4-6,10-11,16,18-19H,1-3,8-9H2. The Morgan fingerprint density at radius 2 is 2.10 bits per heavy atom. The number of anilines is 1. The number of hydrogen-bond acceptors (Lipinski definition) is 5. The van der Waals surface area contributed by atoms with Crippen LogP contribution in [-0.2, 0) is 0 Å². The van der Waals surface area contributed by atoms with Gasteiger partial charge in [-0.25, -0.2) is 4.98 Å². The Morgan fingerprint density at radius 1 is 1.29 bits per heavy atom. The Labute approximate surface area is 128 Å². The molecule has 21 heavy (non-hydrogen) atoms. The summed E-state index contributed by atoms with van der Waals surface area (Å²) in [5.41, 5.74) is 2.07. The van der Waals surface area contributed by atoms with Gasteiger partial charge >= 0.3 is 0 Å². The van der Waals surface area contributed by atoms with Gasteiger partial charge in [0.2, 0.25) is 0 Å². The normalized spacial score (nSPS) is 28.2. The maximum atomic E-state index is 8.95. The van der Waals surface area contributed by atoms with Gasteiger partial charge in [0.1, 0.15) is 6.07 Å². The van der Waals surface area contributed by atoms with E-state index in [0.717, 1.165) is 40.8 Å². The van der Waals surface area contributed by atoms with Crippen LogP contribution in [0.25, 0.3) is 10.2 Å². The average Bonchev–Trinajstić information content (AvgIpc) is 2.89. The van der Waals surface area contributed by atoms with Crippen molar-refractivity contribution < 1.29 is 0 Å². The molecule has 5 heteroatoms. The SMILES string of the molecule is N#Cc1nc2cc(NC3C4CCCC3CNC4)ccc2s1. The summed E-state index contributed by atoms with van der Waals surface area (Å²) in [7, 11) is 0. The molecular weight excluding hydrogens is 280 g/mol. The largest absolute Gasteiger partial charge is 0.382 e. The zero-order valence-electron chi connectivity index (χ0n) is 11.8. The van der Waals surface area contributed by atoms with Crippen LogP contribution in [0.15, 0.2) is 18.2 Å². The molecule has 108 valence electrons. The number of piperidine rings is 1. The third-order valence-electron chi connectivity index (χ3n) is 4.80. The Hall–Kier alpha value is -1.64. The second-order valence-corrected chi connectivity index (χ2v) is 7.12. The van der Waals surface area contributed by atoms with Gasteiger partial charge in [0.25, 0.3) is 0 Å². The maximum absolute atomic E-state index is 8.95. The second-order valence-electron chi connectivity index (χ2n) is 6.09. The Balaban J connectivity index is 1.60. The molecule has 0 spiro atoms. The first-order valence-electron chi connectivity index (χ1n) is 7.61. The third kappa shape index (κ3) is 2.39. The molecule has 2 N–H and O–H groups in total. The molecule has 1 saturated heterocycles. The summed E-state index contributed by atoms with van der Waals surface area (Å²) in [4.78, 5) is 4.36. The summed E-state index contributed by atoms with van der Waals surface area (Å²) < 4.78 is 1.09. The van der Waals surface area contributed by atoms with E-state index in [0.29, 0.717) is 11.0 Å². The van der Waals surface area contributed by atoms with Crippen LogP contribution in [0.5, 0.6) is 0 Å². The van der Waals surface area contributed by atoms with E-state index in [1.165, 1.54) is 30.6 Å². The first-order chi connectivity index (χ1) is 10.3. The third-order valence-corrected chi connectivity index (χ3v) is 5.74. The van der Waals surface area contributed by atoms with Gasteiger partial charge in [-0.15, -0.1) is 11.3 Å². The molecule has 4 rings (SSSR count). The number of aromatic nitrogens is 1. The topological polar surface area (TPSA) is 60.7 Å². The highest BCUT2D eigenvalue weighted by Gasteiger charge is 2.36. The van der Waals surface area contributed by atoms with Gasteiger partial charge in [-0.05, 0) is 56.0 Å². The van der Waals surface area contributed by atoms with Crippen LogP contribution < -0.4 is 10.6 Å². The highest BCUT2D eigenvalue weighted by Crippen LogP contribution is 2.34. The molecule has 1 aromatic carbocycles. The lowest BCUT2D eigenvalue weighted by atomic mass is 9.74. The Bertz CT molecular complexity index is 680. The van der Waals surface area contributed by atoms with Crippen molar-refractivity contribution in [3.05, 3.63) is 23.2 Å². The van der Waals surface area contributed by atoms with E-state index in [9.17, 15) is 0 Å². The summed E-state index contributed by atoms with van der Waals surface area (Å²) in [5, 5.41) is 16.8. The van der Waals surface area contributed by atoms with Crippen LogP contribution in [0.3, 0.4) is 0 Å². The molecule has 2 fully saturated rings. The molecule has 1 aliphatic heterocycles. The number of nitrogens with one attached hydrogen (secondary N) is 2. The van der Waals surface area contributed by atoms with Crippen molar-refractivity contribution in [2.24, 2.45) is 11.8 Å². The maximum Gasteiger partial charge on any atom is 0.195 e. The van der Waals surface area contributed by atoms with Crippen molar-refractivity contribution in [3.63, 3.8) is 0 Å². The van der Waals surface area contributed by atoms with Gasteiger partial charge in [-0.3, -0.25) is 0 Å². The first kappa shape index (κ1) is 13.1. The Morgan fingerprint density at radius 3 is 2.86 bits per heavy atom. The second kappa shape index (κ2) is 5.28. The average molecular weight is 298 g/mol. The zero-order valence-corrected chi connectivity index (χ0v) is 12.6. The molecular formula is C16H18N4S. The summed E-state index contributed by atoms with van der Waals surface area (Å²) in [6.45, 7) is 2.26. The molecule has 2 bridgehead atoms. The fourth-order valence-electron chi connectivity index (χ4n) is 3.79. The number of nitrogens with zero attached hydrogens (tertiary/aromatic N) is 2. The van der Waals surface area contributed by atoms with Crippen molar-refractivity contribution in [1.29, 1.82) is 5.26 Å². The monoisotopic (exact) mass is 298 g/mol. The van der Waals surface area contributed by atoms with Gasteiger partial charge in [0.15, 0.2) is 5.01 Å². The lowest BCUT2D eigenvalue weighted by Gasteiger charge is -2.43. The number of fused-ring (bicyclic) bond motifs is 3. The van der Waals surface area contributed by atoms with Crippen molar-refractivity contribution in [2.75, 3.05) is 18.4 Å². The summed E-state index contributed by atoms with van der Waals surface area (Å²) >= 11 is 1.46. The van der Waals surface area contributed by atoms with E-state index in [4.69, 9.17) is 5.26 Å². The van der Waals surface area contributed by atoms with E-state index in [-0.39, 0.29) is 0 Å². The van der Waals surface area contributed by atoms with E-state index in [2.05, 4.69) is 39.9 Å². The predicted octanol–water partition coefficient (Wildman–Crippen LogP) is 2.97. The van der Waals surface area contributed by atoms with Crippen molar-refractivity contribution in [3.8, 4) is 6.07 Å². The molecule has 1 aliphatic carbocycles. The quantitative estimate of drug-likeness (QED) is 0.895. The molecule has 2 atom stereocenters. The van der Waals surface area contributed by atoms with Gasteiger partial charge < -0.3 is 10.6 Å². The molecule has 2 unspecified atom stereocenters. The molecule has 0 radical (unpaired) electrons. The number of rotatable bonds is 2. The molecule has 2 aromatic rings. The van der Waals surface area contributed by atoms with Crippen molar-refractivity contribution in [2.45, 2.75) is 25.3 Å². The molecule has 1 saturated carbocycles. The zero-order chi connectivity index (χ0) is 14.2. The fraction of sp³-hybridized carbons (Fsp3) is 0.500. The summed E-state index contributed by atoms with van der Waals surface area (Å²) in [6, 6.07) is 8.99. The van der Waals surface area contributed by atoms with Crippen LogP contribution in [0.2, 0.25) is 0 Å². The number of thiazole rings is 1. The minimum Gasteiger partial charge on any atom is -0.382 e. The number of benzene rings is 1. The van der Waals surface area contributed by atoms with E-state index in [1.807, 2.05) is 0 Å². The van der Waals surface area contributed by atoms with Crippen LogP contribution in [0.1, 0.15) is 24.3 Å². The first-order valence-corrected chi connectivity index (χ1v) is 8.43. The summed E-state index contributed by atoms with van der Waals surface area (Å²) in [5.74, 6) is 1.47. The van der Waals surface area contributed by atoms with Crippen LogP contribution in [-0.4, -0.2) is 24.1 Å². The van der Waals surface area contributed by atoms with Gasteiger partial charge in [0, 0.05) is 11.7 Å². The van der Waals surface area contributed by atoms with E-state index < -0.39 is 0 Å². The minimum atomic E-state index is 0.542. The van der Waals surface area contributed by atoms with Crippen LogP contribution >= 0.6 is 11.3 Å². The fourth-order valence-corrected chi connectivity index (χ4v) is 4.53. The highest BCUT2D eigenvalue weighted by atomic mass is 32.1. The molecule has 2 heterocycles. The molecule has 4 nitrogen and oxygen atoms in total. The van der Waals surface area contributed by atoms with Gasteiger partial charge in [-0.2, -0.15) is 5.26 Å². The number of nitriles is 1. The van der Waals surface area contributed by atoms with Crippen LogP contribution in [0, 0.1) is 23.2 Å². The lowest BCUT2D eigenvalue weighted by molar-refractivity contribution is 0.183.